The van der Waals surface area contributed by atoms with E-state index in [1.54, 1.807) is 12.4 Å². The molecule has 1 aliphatic carbocycles. The van der Waals surface area contributed by atoms with Crippen LogP contribution in [-0.4, -0.2) is 16.1 Å². The van der Waals surface area contributed by atoms with Crippen molar-refractivity contribution in [2.75, 3.05) is 0 Å². The van der Waals surface area contributed by atoms with Crippen LogP contribution in [0.5, 0.6) is 0 Å². The quantitative estimate of drug-likeness (QED) is 0.711. The third-order valence-electron chi connectivity index (χ3n) is 2.68. The fraction of sp³-hybridized carbons (Fsp3) is 0.400. The number of carboxylic acid groups (broad SMARTS) is 1. The van der Waals surface area contributed by atoms with Gasteiger partial charge in [0.05, 0.1) is 5.92 Å². The molecule has 2 atom stereocenters. The first-order valence-corrected chi connectivity index (χ1v) is 4.36. The van der Waals surface area contributed by atoms with Crippen molar-refractivity contribution in [1.82, 2.24) is 4.98 Å². The lowest BCUT2D eigenvalue weighted by molar-refractivity contribution is -0.138. The fourth-order valence-electron chi connectivity index (χ4n) is 1.99. The van der Waals surface area contributed by atoms with Gasteiger partial charge in [0.2, 0.25) is 0 Å². The third-order valence-corrected chi connectivity index (χ3v) is 2.68. The average molecular weight is 177 g/mol. The van der Waals surface area contributed by atoms with E-state index in [0.29, 0.717) is 12.3 Å². The van der Waals surface area contributed by atoms with Crippen LogP contribution in [0.15, 0.2) is 18.5 Å². The molecule has 0 spiro atoms. The van der Waals surface area contributed by atoms with Gasteiger partial charge in [-0.05, 0) is 29.5 Å². The second kappa shape index (κ2) is 2.83. The van der Waals surface area contributed by atoms with Gasteiger partial charge in [-0.2, -0.15) is 0 Å². The van der Waals surface area contributed by atoms with Gasteiger partial charge >= 0.3 is 5.97 Å². The molecule has 0 saturated heterocycles. The van der Waals surface area contributed by atoms with Crippen LogP contribution in [0, 0.1) is 0 Å². The number of carbonyl (C=O) groups is 1. The average Bonchev–Trinajstić information content (AvgIpc) is 2.45. The van der Waals surface area contributed by atoms with Crippen LogP contribution in [0.25, 0.3) is 0 Å². The molecule has 0 fully saturated rings. The predicted octanol–water partition coefficient (Wildman–Crippen LogP) is 1.76. The highest BCUT2D eigenvalue weighted by Crippen LogP contribution is 2.40. The van der Waals surface area contributed by atoms with E-state index >= 15 is 0 Å². The third kappa shape index (κ3) is 1.20. The number of aromatic nitrogens is 1. The Labute approximate surface area is 76.4 Å². The van der Waals surface area contributed by atoms with E-state index in [4.69, 9.17) is 5.11 Å². The number of carboxylic acids is 1. The summed E-state index contributed by atoms with van der Waals surface area (Å²) in [6.07, 6.45) is 4.14. The summed E-state index contributed by atoms with van der Waals surface area (Å²) in [5.74, 6) is -0.727. The molecule has 1 aliphatic rings. The zero-order valence-electron chi connectivity index (χ0n) is 7.40. The number of rotatable bonds is 1. The van der Waals surface area contributed by atoms with Crippen LogP contribution < -0.4 is 0 Å². The molecule has 3 heteroatoms. The van der Waals surface area contributed by atoms with E-state index in [-0.39, 0.29) is 5.92 Å². The minimum Gasteiger partial charge on any atom is -0.481 e. The lowest BCUT2D eigenvalue weighted by atomic mass is 10.0. The Kier molecular flexibility index (Phi) is 1.79. The van der Waals surface area contributed by atoms with E-state index in [2.05, 4.69) is 4.98 Å². The van der Waals surface area contributed by atoms with Crippen molar-refractivity contribution >= 4 is 5.97 Å². The smallest absolute Gasteiger partial charge is 0.311 e. The van der Waals surface area contributed by atoms with Crippen LogP contribution in [0.2, 0.25) is 0 Å². The summed E-state index contributed by atoms with van der Waals surface area (Å²) >= 11 is 0. The van der Waals surface area contributed by atoms with Gasteiger partial charge in [-0.15, -0.1) is 0 Å². The van der Waals surface area contributed by atoms with Crippen molar-refractivity contribution in [2.24, 2.45) is 0 Å². The first-order chi connectivity index (χ1) is 6.20. The summed E-state index contributed by atoms with van der Waals surface area (Å²) in [6.45, 7) is 2.05. The SMILES string of the molecule is C[C@H]1C[C@H](C(=O)O)c2ccncc21. The van der Waals surface area contributed by atoms with Gasteiger partial charge < -0.3 is 5.11 Å². The second-order valence-electron chi connectivity index (χ2n) is 3.53. The molecular weight excluding hydrogens is 166 g/mol. The maximum atomic E-state index is 10.9. The summed E-state index contributed by atoms with van der Waals surface area (Å²) in [5, 5.41) is 8.96. The first kappa shape index (κ1) is 8.23. The maximum absolute atomic E-state index is 10.9. The maximum Gasteiger partial charge on any atom is 0.311 e. The second-order valence-corrected chi connectivity index (χ2v) is 3.53. The summed E-state index contributed by atoms with van der Waals surface area (Å²) in [7, 11) is 0. The molecule has 0 bridgehead atoms. The molecule has 0 saturated carbocycles. The van der Waals surface area contributed by atoms with Gasteiger partial charge in [0.25, 0.3) is 0 Å². The van der Waals surface area contributed by atoms with Crippen LogP contribution in [0.4, 0.5) is 0 Å². The monoisotopic (exact) mass is 177 g/mol. The molecule has 0 aliphatic heterocycles. The Balaban J connectivity index is 2.47. The number of aliphatic carboxylic acids is 1. The molecule has 2 rings (SSSR count). The largest absolute Gasteiger partial charge is 0.481 e. The number of fused-ring (bicyclic) bond motifs is 1. The summed E-state index contributed by atoms with van der Waals surface area (Å²) < 4.78 is 0. The number of hydrogen-bond acceptors (Lipinski definition) is 2. The molecular formula is C10H11NO2. The Bertz CT molecular complexity index is 349. The Morgan fingerprint density at radius 3 is 3.08 bits per heavy atom. The van der Waals surface area contributed by atoms with Gasteiger partial charge in [0.15, 0.2) is 0 Å². The predicted molar refractivity (Wildman–Crippen MR) is 47.6 cm³/mol. The van der Waals surface area contributed by atoms with Crippen molar-refractivity contribution in [2.45, 2.75) is 25.2 Å². The first-order valence-electron chi connectivity index (χ1n) is 4.36. The molecule has 13 heavy (non-hydrogen) atoms. The van der Waals surface area contributed by atoms with Gasteiger partial charge in [0, 0.05) is 12.4 Å². The zero-order chi connectivity index (χ0) is 9.42. The minimum atomic E-state index is -0.725. The van der Waals surface area contributed by atoms with Crippen molar-refractivity contribution in [3.63, 3.8) is 0 Å². The Morgan fingerprint density at radius 1 is 1.62 bits per heavy atom. The Morgan fingerprint density at radius 2 is 2.38 bits per heavy atom. The normalized spacial score (nSPS) is 25.6. The van der Waals surface area contributed by atoms with Crippen molar-refractivity contribution in [3.05, 3.63) is 29.6 Å². The molecule has 0 unspecified atom stereocenters. The number of nitrogens with zero attached hydrogens (tertiary/aromatic N) is 1. The summed E-state index contributed by atoms with van der Waals surface area (Å²) in [4.78, 5) is 14.9. The van der Waals surface area contributed by atoms with Gasteiger partial charge in [-0.25, -0.2) is 0 Å². The molecule has 0 radical (unpaired) electrons. The number of pyridine rings is 1. The van der Waals surface area contributed by atoms with E-state index in [1.165, 1.54) is 0 Å². The minimum absolute atomic E-state index is 0.324. The van der Waals surface area contributed by atoms with Gasteiger partial charge in [-0.1, -0.05) is 6.92 Å². The summed E-state index contributed by atoms with van der Waals surface area (Å²) in [5.41, 5.74) is 2.03. The van der Waals surface area contributed by atoms with Crippen molar-refractivity contribution < 1.29 is 9.90 Å². The van der Waals surface area contributed by atoms with E-state index in [0.717, 1.165) is 11.1 Å². The van der Waals surface area contributed by atoms with E-state index in [1.807, 2.05) is 13.0 Å². The fourth-order valence-corrected chi connectivity index (χ4v) is 1.99. The van der Waals surface area contributed by atoms with Crippen LogP contribution >= 0.6 is 0 Å². The molecule has 3 nitrogen and oxygen atoms in total. The van der Waals surface area contributed by atoms with Crippen LogP contribution in [0.3, 0.4) is 0 Å². The molecule has 0 aromatic carbocycles. The lowest BCUT2D eigenvalue weighted by Gasteiger charge is -2.03. The van der Waals surface area contributed by atoms with E-state index in [9.17, 15) is 4.79 Å². The Hall–Kier alpha value is -1.38. The van der Waals surface area contributed by atoms with Gasteiger partial charge in [-0.3, -0.25) is 9.78 Å². The summed E-state index contributed by atoms with van der Waals surface area (Å²) in [6, 6.07) is 1.82. The van der Waals surface area contributed by atoms with Crippen LogP contribution in [-0.2, 0) is 4.79 Å². The van der Waals surface area contributed by atoms with Crippen LogP contribution in [0.1, 0.15) is 36.3 Å². The zero-order valence-corrected chi connectivity index (χ0v) is 7.40. The molecule has 1 heterocycles. The number of hydrogen-bond donors (Lipinski definition) is 1. The van der Waals surface area contributed by atoms with Gasteiger partial charge in [0.1, 0.15) is 0 Å². The molecule has 1 N–H and O–H groups in total. The molecule has 68 valence electrons. The topological polar surface area (TPSA) is 50.2 Å². The molecule has 1 aromatic heterocycles. The highest BCUT2D eigenvalue weighted by Gasteiger charge is 2.32. The molecule has 0 amide bonds. The van der Waals surface area contributed by atoms with Crippen molar-refractivity contribution in [3.8, 4) is 0 Å². The molecule has 1 aromatic rings. The van der Waals surface area contributed by atoms with Crippen molar-refractivity contribution in [1.29, 1.82) is 0 Å². The standard InChI is InChI=1S/C10H11NO2/c1-6-4-8(10(12)13)7-2-3-11-5-9(6)7/h2-3,5-6,8H,4H2,1H3,(H,12,13)/t6-,8-/m0/s1. The highest BCUT2D eigenvalue weighted by atomic mass is 16.4. The van der Waals surface area contributed by atoms with E-state index < -0.39 is 5.97 Å². The lowest BCUT2D eigenvalue weighted by Crippen LogP contribution is -2.07. The highest BCUT2D eigenvalue weighted by molar-refractivity contribution is 5.78.